The van der Waals surface area contributed by atoms with Crippen LogP contribution in [-0.2, 0) is 24.4 Å². The second kappa shape index (κ2) is 23.5. The molecule has 0 aromatic rings. The fourth-order valence-corrected chi connectivity index (χ4v) is 4.02. The maximum Gasteiger partial charge on any atom is 0.325 e. The van der Waals surface area contributed by atoms with Crippen molar-refractivity contribution in [3.8, 4) is 0 Å². The van der Waals surface area contributed by atoms with Crippen LogP contribution in [0.2, 0.25) is 0 Å². The van der Waals surface area contributed by atoms with Crippen molar-refractivity contribution in [2.75, 3.05) is 6.61 Å². The summed E-state index contributed by atoms with van der Waals surface area (Å²) in [6.45, 7) is 5.52. The Morgan fingerprint density at radius 1 is 0.788 bits per heavy atom. The number of aliphatic carboxylic acids is 2. The Balaban J connectivity index is 0. The van der Waals surface area contributed by atoms with Crippen LogP contribution in [0.4, 0.5) is 0 Å². The third-order valence-corrected chi connectivity index (χ3v) is 7.71. The second-order valence-corrected chi connectivity index (χ2v) is 11.5. The molecule has 33 heavy (non-hydrogen) atoms. The van der Waals surface area contributed by atoms with Crippen LogP contribution in [0.3, 0.4) is 0 Å². The van der Waals surface area contributed by atoms with Crippen LogP contribution in [0.25, 0.3) is 0 Å². The van der Waals surface area contributed by atoms with Gasteiger partial charge in [-0.05, 0) is 0 Å². The third kappa shape index (κ3) is 26.3. The summed E-state index contributed by atoms with van der Waals surface area (Å²) in [6, 6.07) is 0. The Labute approximate surface area is 218 Å². The van der Waals surface area contributed by atoms with Crippen molar-refractivity contribution >= 4 is 50.0 Å². The van der Waals surface area contributed by atoms with Gasteiger partial charge < -0.3 is 10.2 Å². The molecular formula is C23H45NaO8S. The van der Waals surface area contributed by atoms with Gasteiger partial charge in [0, 0.05) is 0 Å². The molecule has 2 unspecified atom stereocenters. The molecule has 2 atom stereocenters. The van der Waals surface area contributed by atoms with Gasteiger partial charge in [-0.25, -0.2) is 0 Å². The van der Waals surface area contributed by atoms with Crippen molar-refractivity contribution in [3.63, 3.8) is 0 Å². The average molecular weight is 505 g/mol. The van der Waals surface area contributed by atoms with Crippen LogP contribution in [0.5, 0.6) is 0 Å². The van der Waals surface area contributed by atoms with Crippen molar-refractivity contribution < 1.29 is 37.5 Å². The van der Waals surface area contributed by atoms with E-state index < -0.39 is 33.7 Å². The number of unbranched alkanes of at least 4 members (excludes halogenated alkanes) is 13. The summed E-state index contributed by atoms with van der Waals surface area (Å²) in [5.41, 5.74) is 0. The number of hydrogen-bond acceptors (Lipinski definition) is 5. The molecular weight excluding hydrogens is 459 g/mol. The maximum absolute atomic E-state index is 10.2. The first-order valence-corrected chi connectivity index (χ1v) is 15.2. The van der Waals surface area contributed by atoms with E-state index in [1.54, 1.807) is 0 Å². The molecule has 0 aromatic carbocycles. The summed E-state index contributed by atoms with van der Waals surface area (Å²) < 4.78 is 35.0. The van der Waals surface area contributed by atoms with Crippen LogP contribution in [0.1, 0.15) is 117 Å². The molecule has 0 spiro atoms. The Bertz CT molecular complexity index is 583. The standard InChI is InChI=1S/C19H39O.C4H6O7S.Na/c1-3-5-6-7-8-9-10-11-12-13-14-15-16-17-19-20-18-4-2;5-3(6)1-2(4(7)8)12(9,10)11;/h18H,3-17,19H2,1-2H3;2H,1H2,(H,5,6)(H,7,8)(H,9,10,11);. The van der Waals surface area contributed by atoms with E-state index in [0.29, 0.717) is 3.35 Å². The number of ether oxygens (including phenoxy) is 1. The first-order valence-electron chi connectivity index (χ1n) is 12.6. The minimum Gasteiger partial charge on any atom is -0.481 e. The van der Waals surface area contributed by atoms with E-state index in [2.05, 4.69) is 13.8 Å². The summed E-state index contributed by atoms with van der Waals surface area (Å²) in [5, 5.41) is 13.9. The normalized spacial score (nSPS) is 13.1. The van der Waals surface area contributed by atoms with Crippen LogP contribution < -0.4 is 0 Å². The minimum atomic E-state index is -4.84. The zero-order valence-corrected chi connectivity index (χ0v) is 23.8. The Morgan fingerprint density at radius 2 is 1.18 bits per heavy atom. The molecule has 0 radical (unpaired) electrons. The molecule has 10 heteroatoms. The van der Waals surface area contributed by atoms with Gasteiger partial charge >= 0.3 is 126 Å². The fraction of sp³-hybridized carbons (Fsp3) is 0.913. The quantitative estimate of drug-likeness (QED) is 0.110. The van der Waals surface area contributed by atoms with Crippen molar-refractivity contribution in [1.82, 2.24) is 0 Å². The van der Waals surface area contributed by atoms with Gasteiger partial charge in [-0.3, -0.25) is 14.1 Å². The number of rotatable bonds is 21. The average Bonchev–Trinajstić information content (AvgIpc) is 2.74. The zero-order valence-electron chi connectivity index (χ0n) is 21.0. The zero-order chi connectivity index (χ0) is 25.5. The number of carbonyl (C=O) groups is 2. The van der Waals surface area contributed by atoms with E-state index in [-0.39, 0.29) is 0 Å². The molecule has 8 nitrogen and oxygen atoms in total. The molecule has 0 heterocycles. The topological polar surface area (TPSA) is 138 Å². The molecule has 0 bridgehead atoms. The van der Waals surface area contributed by atoms with E-state index in [4.69, 9.17) is 19.5 Å². The molecule has 0 rings (SSSR count). The van der Waals surface area contributed by atoms with Crippen molar-refractivity contribution in [1.29, 1.82) is 0 Å². The second-order valence-electron chi connectivity index (χ2n) is 8.63. The minimum absolute atomic E-state index is 0.590. The SMILES string of the molecule is CCCCCCCCCCCCCCCCO[CH]([Na])CC.O=C(O)CC(C(=O)O)S(=O)(=O)O. The van der Waals surface area contributed by atoms with Crippen molar-refractivity contribution in [3.05, 3.63) is 0 Å². The van der Waals surface area contributed by atoms with E-state index in [0.717, 1.165) is 6.61 Å². The van der Waals surface area contributed by atoms with Crippen LogP contribution in [0, 0.1) is 0 Å². The largest absolute Gasteiger partial charge is 0.481 e. The molecule has 0 aliphatic heterocycles. The summed E-state index contributed by atoms with van der Waals surface area (Å²) in [5.74, 6) is -3.50. The monoisotopic (exact) mass is 504 g/mol. The van der Waals surface area contributed by atoms with Gasteiger partial charge in [0.25, 0.3) is 10.1 Å². The van der Waals surface area contributed by atoms with Gasteiger partial charge in [0.05, 0.1) is 6.42 Å². The number of hydrogen-bond donors (Lipinski definition) is 3. The number of carboxylic acids is 2. The molecule has 0 saturated carbocycles. The van der Waals surface area contributed by atoms with Crippen molar-refractivity contribution in [2.45, 2.75) is 125 Å². The molecule has 0 amide bonds. The summed E-state index contributed by atoms with van der Waals surface area (Å²) in [7, 11) is -4.84. The van der Waals surface area contributed by atoms with Crippen LogP contribution in [0.15, 0.2) is 0 Å². The van der Waals surface area contributed by atoms with Gasteiger partial charge in [0.1, 0.15) is 0 Å². The number of carboxylic acid groups (broad SMARTS) is 2. The van der Waals surface area contributed by atoms with Gasteiger partial charge in [0.2, 0.25) is 0 Å². The van der Waals surface area contributed by atoms with Gasteiger partial charge in [0.15, 0.2) is 5.25 Å². The first-order chi connectivity index (χ1) is 15.6. The van der Waals surface area contributed by atoms with Gasteiger partial charge in [-0.15, -0.1) is 0 Å². The van der Waals surface area contributed by atoms with Crippen LogP contribution in [-0.4, -0.2) is 78.3 Å². The summed E-state index contributed by atoms with van der Waals surface area (Å²) in [4.78, 5) is 20.0. The molecule has 0 aromatic heterocycles. The van der Waals surface area contributed by atoms with E-state index in [9.17, 15) is 18.0 Å². The molecule has 0 saturated heterocycles. The third-order valence-electron chi connectivity index (χ3n) is 5.47. The predicted octanol–water partition coefficient (Wildman–Crippen LogP) is 5.19. The van der Waals surface area contributed by atoms with E-state index >= 15 is 0 Å². The Hall–Kier alpha value is -0.190. The molecule has 0 fully saturated rings. The summed E-state index contributed by atoms with van der Waals surface area (Å²) >= 11 is 1.19. The van der Waals surface area contributed by atoms with Crippen LogP contribution >= 0.6 is 0 Å². The van der Waals surface area contributed by atoms with Crippen molar-refractivity contribution in [2.24, 2.45) is 0 Å². The maximum atomic E-state index is 10.2. The Kier molecular flexibility index (Phi) is 25.0. The van der Waals surface area contributed by atoms with E-state index in [1.807, 2.05) is 0 Å². The first kappa shape index (κ1) is 35.0. The fourth-order valence-electron chi connectivity index (χ4n) is 3.18. The van der Waals surface area contributed by atoms with Gasteiger partial charge in [-0.1, -0.05) is 39.0 Å². The molecule has 0 aliphatic carbocycles. The molecule has 192 valence electrons. The smallest absolute Gasteiger partial charge is 0.325 e. The van der Waals surface area contributed by atoms with E-state index in [1.165, 1.54) is 124 Å². The molecule has 0 aliphatic rings. The van der Waals surface area contributed by atoms with Gasteiger partial charge in [-0.2, -0.15) is 8.42 Å². The molecule has 3 N–H and O–H groups in total. The predicted molar refractivity (Wildman–Crippen MR) is 131 cm³/mol. The summed E-state index contributed by atoms with van der Waals surface area (Å²) in [6.07, 6.45) is 20.1. The Morgan fingerprint density at radius 3 is 1.45 bits per heavy atom.